The van der Waals surface area contributed by atoms with Gasteiger partial charge in [0.2, 0.25) is 0 Å². The van der Waals surface area contributed by atoms with Crippen molar-refractivity contribution in [3.63, 3.8) is 0 Å². The lowest BCUT2D eigenvalue weighted by Crippen LogP contribution is -2.27. The fourth-order valence-corrected chi connectivity index (χ4v) is 1.98. The molecule has 0 aliphatic heterocycles. The molecule has 0 heterocycles. The SMILES string of the molecule is CCNc1cc(N(CC)CC(C)C#N)cc([N+](=O)[O-])c1. The number of hydrogen-bond acceptors (Lipinski definition) is 5. The van der Waals surface area contributed by atoms with Crippen LogP contribution in [0.25, 0.3) is 0 Å². The van der Waals surface area contributed by atoms with Crippen molar-refractivity contribution in [2.24, 2.45) is 5.92 Å². The molecular formula is C14H20N4O2. The zero-order chi connectivity index (χ0) is 15.1. The first-order valence-electron chi connectivity index (χ1n) is 6.69. The van der Waals surface area contributed by atoms with Crippen molar-refractivity contribution in [1.29, 1.82) is 5.26 Å². The van der Waals surface area contributed by atoms with Crippen LogP contribution in [0.5, 0.6) is 0 Å². The Morgan fingerprint density at radius 2 is 2.15 bits per heavy atom. The maximum absolute atomic E-state index is 11.0. The average Bonchev–Trinajstić information content (AvgIpc) is 2.44. The van der Waals surface area contributed by atoms with E-state index >= 15 is 0 Å². The summed E-state index contributed by atoms with van der Waals surface area (Å²) in [5.74, 6) is -0.128. The van der Waals surface area contributed by atoms with Gasteiger partial charge in [-0.3, -0.25) is 10.1 Å². The highest BCUT2D eigenvalue weighted by Gasteiger charge is 2.15. The van der Waals surface area contributed by atoms with Crippen LogP contribution in [0.15, 0.2) is 18.2 Å². The number of hydrogen-bond donors (Lipinski definition) is 1. The lowest BCUT2D eigenvalue weighted by atomic mass is 10.1. The zero-order valence-electron chi connectivity index (χ0n) is 12.1. The molecule has 1 N–H and O–H groups in total. The third-order valence-electron chi connectivity index (χ3n) is 2.96. The molecule has 1 rings (SSSR count). The zero-order valence-corrected chi connectivity index (χ0v) is 12.1. The number of nitro benzene ring substituents is 1. The second-order valence-corrected chi connectivity index (χ2v) is 4.59. The summed E-state index contributed by atoms with van der Waals surface area (Å²) in [5.41, 5.74) is 1.54. The molecule has 0 radical (unpaired) electrons. The predicted octanol–water partition coefficient (Wildman–Crippen LogP) is 3.01. The topological polar surface area (TPSA) is 82.2 Å². The lowest BCUT2D eigenvalue weighted by Gasteiger charge is -2.24. The standard InChI is InChI=1S/C14H20N4O2/c1-4-16-12-6-13(8-14(7-12)18(19)20)17(5-2)10-11(3)9-15/h6-8,11,16H,4-5,10H2,1-3H3. The number of nitro groups is 1. The maximum atomic E-state index is 11.0. The largest absolute Gasteiger partial charge is 0.385 e. The van der Waals surface area contributed by atoms with Gasteiger partial charge in [0.25, 0.3) is 5.69 Å². The molecule has 0 aliphatic rings. The monoisotopic (exact) mass is 276 g/mol. The van der Waals surface area contributed by atoms with Crippen LogP contribution in [0, 0.1) is 27.4 Å². The van der Waals surface area contributed by atoms with E-state index in [2.05, 4.69) is 11.4 Å². The van der Waals surface area contributed by atoms with E-state index in [0.717, 1.165) is 11.4 Å². The van der Waals surface area contributed by atoms with Crippen LogP contribution in [0.4, 0.5) is 17.1 Å². The van der Waals surface area contributed by atoms with Crippen molar-refractivity contribution in [3.05, 3.63) is 28.3 Å². The van der Waals surface area contributed by atoms with Gasteiger partial charge in [-0.15, -0.1) is 0 Å². The maximum Gasteiger partial charge on any atom is 0.273 e. The first kappa shape index (κ1) is 15.8. The van der Waals surface area contributed by atoms with Gasteiger partial charge >= 0.3 is 0 Å². The molecule has 6 nitrogen and oxygen atoms in total. The van der Waals surface area contributed by atoms with Crippen LogP contribution in [-0.4, -0.2) is 24.6 Å². The minimum absolute atomic E-state index is 0.0570. The van der Waals surface area contributed by atoms with Crippen molar-refractivity contribution in [1.82, 2.24) is 0 Å². The summed E-state index contributed by atoms with van der Waals surface area (Å²) in [5, 5.41) is 23.0. The number of anilines is 2. The van der Waals surface area contributed by atoms with Crippen LogP contribution < -0.4 is 10.2 Å². The molecule has 0 amide bonds. The van der Waals surface area contributed by atoms with Crippen LogP contribution >= 0.6 is 0 Å². The Hall–Kier alpha value is -2.29. The molecule has 1 unspecified atom stereocenters. The van der Waals surface area contributed by atoms with E-state index in [4.69, 9.17) is 5.26 Å². The molecule has 1 aromatic rings. The number of benzene rings is 1. The molecule has 0 aromatic heterocycles. The molecule has 1 aromatic carbocycles. The summed E-state index contributed by atoms with van der Waals surface area (Å²) < 4.78 is 0. The van der Waals surface area contributed by atoms with Crippen molar-refractivity contribution in [2.75, 3.05) is 29.9 Å². The summed E-state index contributed by atoms with van der Waals surface area (Å²) in [7, 11) is 0. The number of non-ortho nitro benzene ring substituents is 1. The second kappa shape index (κ2) is 7.34. The molecule has 0 saturated carbocycles. The molecule has 0 bridgehead atoms. The van der Waals surface area contributed by atoms with Gasteiger partial charge in [0.05, 0.1) is 16.9 Å². The van der Waals surface area contributed by atoms with Gasteiger partial charge in [0.15, 0.2) is 0 Å². The summed E-state index contributed by atoms with van der Waals surface area (Å²) in [6.45, 7) is 7.69. The molecule has 6 heteroatoms. The highest BCUT2D eigenvalue weighted by Crippen LogP contribution is 2.27. The molecule has 0 aliphatic carbocycles. The lowest BCUT2D eigenvalue weighted by molar-refractivity contribution is -0.384. The third kappa shape index (κ3) is 4.12. The van der Waals surface area contributed by atoms with E-state index in [1.807, 2.05) is 31.7 Å². The minimum Gasteiger partial charge on any atom is -0.385 e. The summed E-state index contributed by atoms with van der Waals surface area (Å²) in [6, 6.07) is 7.14. The summed E-state index contributed by atoms with van der Waals surface area (Å²) in [4.78, 5) is 12.6. The Balaban J connectivity index is 3.13. The van der Waals surface area contributed by atoms with Gasteiger partial charge in [-0.25, -0.2) is 0 Å². The second-order valence-electron chi connectivity index (χ2n) is 4.59. The van der Waals surface area contributed by atoms with E-state index < -0.39 is 4.92 Å². The first-order valence-corrected chi connectivity index (χ1v) is 6.69. The van der Waals surface area contributed by atoms with E-state index in [1.165, 1.54) is 6.07 Å². The van der Waals surface area contributed by atoms with Crippen LogP contribution in [0.3, 0.4) is 0 Å². The summed E-state index contributed by atoms with van der Waals surface area (Å²) in [6.07, 6.45) is 0. The van der Waals surface area contributed by atoms with Crippen molar-refractivity contribution < 1.29 is 4.92 Å². The van der Waals surface area contributed by atoms with Crippen LogP contribution in [-0.2, 0) is 0 Å². The molecule has 108 valence electrons. The van der Waals surface area contributed by atoms with Gasteiger partial charge in [0.1, 0.15) is 0 Å². The quantitative estimate of drug-likeness (QED) is 0.611. The van der Waals surface area contributed by atoms with Crippen LogP contribution in [0.1, 0.15) is 20.8 Å². The molecular weight excluding hydrogens is 256 g/mol. The third-order valence-corrected chi connectivity index (χ3v) is 2.96. The Labute approximate surface area is 119 Å². The molecule has 20 heavy (non-hydrogen) atoms. The Bertz CT molecular complexity index is 510. The van der Waals surface area contributed by atoms with Gasteiger partial charge in [-0.2, -0.15) is 5.26 Å². The summed E-state index contributed by atoms with van der Waals surface area (Å²) >= 11 is 0. The van der Waals surface area contributed by atoms with Gasteiger partial charge in [-0.1, -0.05) is 0 Å². The van der Waals surface area contributed by atoms with E-state index in [1.54, 1.807) is 6.07 Å². The highest BCUT2D eigenvalue weighted by atomic mass is 16.6. The van der Waals surface area contributed by atoms with Crippen molar-refractivity contribution in [2.45, 2.75) is 20.8 Å². The molecule has 0 fully saturated rings. The molecule has 0 spiro atoms. The number of nitriles is 1. The first-order chi connectivity index (χ1) is 9.51. The number of rotatable bonds is 7. The van der Waals surface area contributed by atoms with Crippen molar-refractivity contribution >= 4 is 17.1 Å². The number of nitrogens with zero attached hydrogens (tertiary/aromatic N) is 3. The average molecular weight is 276 g/mol. The Morgan fingerprint density at radius 1 is 1.45 bits per heavy atom. The normalized spacial score (nSPS) is 11.5. The van der Waals surface area contributed by atoms with Gasteiger partial charge < -0.3 is 10.2 Å². The molecule has 1 atom stereocenters. The van der Waals surface area contributed by atoms with Crippen LogP contribution in [0.2, 0.25) is 0 Å². The van der Waals surface area contributed by atoms with Crippen molar-refractivity contribution in [3.8, 4) is 6.07 Å². The Morgan fingerprint density at radius 3 is 2.65 bits per heavy atom. The fraction of sp³-hybridized carbons (Fsp3) is 0.500. The van der Waals surface area contributed by atoms with Gasteiger partial charge in [0, 0.05) is 43.1 Å². The fourth-order valence-electron chi connectivity index (χ4n) is 1.98. The highest BCUT2D eigenvalue weighted by molar-refractivity contribution is 5.64. The predicted molar refractivity (Wildman–Crippen MR) is 79.9 cm³/mol. The Kier molecular flexibility index (Phi) is 5.78. The molecule has 0 saturated heterocycles. The van der Waals surface area contributed by atoms with Gasteiger partial charge in [-0.05, 0) is 26.8 Å². The minimum atomic E-state index is -0.397. The number of nitrogens with one attached hydrogen (secondary N) is 1. The van der Waals surface area contributed by atoms with E-state index in [-0.39, 0.29) is 11.6 Å². The smallest absolute Gasteiger partial charge is 0.273 e. The van der Waals surface area contributed by atoms with E-state index in [9.17, 15) is 10.1 Å². The van der Waals surface area contributed by atoms with E-state index in [0.29, 0.717) is 19.6 Å².